The molecule has 0 aliphatic heterocycles. The molecule has 7 heteroatoms. The molecule has 0 heterocycles. The Morgan fingerprint density at radius 1 is 0.571 bits per heavy atom. The number of aliphatic hydroxyl groups excluding tert-OH is 1. The SMILES string of the molecule is CCCCCCCCCCCCCCCC(=O)O[C@@H](CO)COC(=O)CCCCCCCCCCCCCNC(C)=O. The summed E-state index contributed by atoms with van der Waals surface area (Å²) in [6.07, 6.45) is 28.9. The third kappa shape index (κ3) is 31.3. The van der Waals surface area contributed by atoms with E-state index in [2.05, 4.69) is 12.2 Å². The van der Waals surface area contributed by atoms with Crippen molar-refractivity contribution in [1.29, 1.82) is 0 Å². The molecule has 0 aliphatic carbocycles. The van der Waals surface area contributed by atoms with E-state index in [9.17, 15) is 19.5 Å². The summed E-state index contributed by atoms with van der Waals surface area (Å²) in [5.41, 5.74) is 0. The van der Waals surface area contributed by atoms with Gasteiger partial charge in [0.15, 0.2) is 6.10 Å². The van der Waals surface area contributed by atoms with Gasteiger partial charge in [-0.2, -0.15) is 0 Å². The number of nitrogens with one attached hydrogen (secondary N) is 1. The standard InChI is InChI=1S/C35H67NO6/c1-3-4-5-6-7-8-9-10-12-16-19-22-25-28-35(40)42-33(30-37)31-41-34(39)27-24-21-18-15-13-11-14-17-20-23-26-29-36-32(2)38/h33,37H,3-31H2,1-2H3,(H,36,38)/t33-/m0/s1. The molecule has 248 valence electrons. The Balaban J connectivity index is 3.52. The van der Waals surface area contributed by atoms with Crippen molar-refractivity contribution in [1.82, 2.24) is 5.32 Å². The first kappa shape index (κ1) is 40.4. The summed E-state index contributed by atoms with van der Waals surface area (Å²) >= 11 is 0. The maximum absolute atomic E-state index is 12.1. The Morgan fingerprint density at radius 2 is 0.952 bits per heavy atom. The van der Waals surface area contributed by atoms with E-state index in [1.54, 1.807) is 6.92 Å². The van der Waals surface area contributed by atoms with E-state index in [0.717, 1.165) is 51.5 Å². The van der Waals surface area contributed by atoms with E-state index in [1.165, 1.54) is 109 Å². The number of unbranched alkanes of at least 4 members (excludes halogenated alkanes) is 22. The highest BCUT2D eigenvalue weighted by atomic mass is 16.6. The number of hydrogen-bond donors (Lipinski definition) is 2. The van der Waals surface area contributed by atoms with Crippen LogP contribution >= 0.6 is 0 Å². The molecule has 0 aromatic rings. The van der Waals surface area contributed by atoms with Crippen LogP contribution in [0.4, 0.5) is 0 Å². The first-order valence-electron chi connectivity index (χ1n) is 17.7. The van der Waals surface area contributed by atoms with Crippen LogP contribution in [0.1, 0.15) is 181 Å². The molecule has 1 atom stereocenters. The summed E-state index contributed by atoms with van der Waals surface area (Å²) in [6, 6.07) is 0. The number of ether oxygens (including phenoxy) is 2. The van der Waals surface area contributed by atoms with Crippen LogP contribution in [-0.4, -0.2) is 48.8 Å². The topological polar surface area (TPSA) is 102 Å². The lowest BCUT2D eigenvalue weighted by Gasteiger charge is -2.15. The van der Waals surface area contributed by atoms with E-state index in [-0.39, 0.29) is 31.1 Å². The Labute approximate surface area is 258 Å². The smallest absolute Gasteiger partial charge is 0.306 e. The Morgan fingerprint density at radius 3 is 1.36 bits per heavy atom. The molecule has 0 aromatic carbocycles. The fourth-order valence-corrected chi connectivity index (χ4v) is 5.16. The highest BCUT2D eigenvalue weighted by Gasteiger charge is 2.16. The van der Waals surface area contributed by atoms with Gasteiger partial charge in [0, 0.05) is 26.3 Å². The molecular weight excluding hydrogens is 530 g/mol. The molecule has 0 radical (unpaired) electrons. The van der Waals surface area contributed by atoms with Gasteiger partial charge in [0.2, 0.25) is 5.91 Å². The summed E-state index contributed by atoms with van der Waals surface area (Å²) in [6.45, 7) is 4.19. The van der Waals surface area contributed by atoms with E-state index in [4.69, 9.17) is 9.47 Å². The second-order valence-electron chi connectivity index (χ2n) is 12.1. The molecule has 0 saturated heterocycles. The zero-order chi connectivity index (χ0) is 30.9. The van der Waals surface area contributed by atoms with Crippen LogP contribution in [0.25, 0.3) is 0 Å². The maximum atomic E-state index is 12.1. The van der Waals surface area contributed by atoms with Crippen LogP contribution in [-0.2, 0) is 23.9 Å². The average molecular weight is 598 g/mol. The minimum absolute atomic E-state index is 0.0512. The molecule has 0 rings (SSSR count). The van der Waals surface area contributed by atoms with Gasteiger partial charge in [-0.15, -0.1) is 0 Å². The predicted octanol–water partition coefficient (Wildman–Crippen LogP) is 8.73. The zero-order valence-electron chi connectivity index (χ0n) is 27.6. The Kier molecular flexibility index (Phi) is 31.0. The number of rotatable bonds is 32. The lowest BCUT2D eigenvalue weighted by Crippen LogP contribution is -2.28. The zero-order valence-corrected chi connectivity index (χ0v) is 27.6. The predicted molar refractivity (Wildman–Crippen MR) is 172 cm³/mol. The molecule has 0 aromatic heterocycles. The van der Waals surface area contributed by atoms with Gasteiger partial charge in [0.05, 0.1) is 6.61 Å². The van der Waals surface area contributed by atoms with Crippen molar-refractivity contribution >= 4 is 17.8 Å². The number of aliphatic hydroxyl groups is 1. The van der Waals surface area contributed by atoms with Crippen molar-refractivity contribution in [3.05, 3.63) is 0 Å². The lowest BCUT2D eigenvalue weighted by molar-refractivity contribution is -0.161. The molecular formula is C35H67NO6. The summed E-state index contributed by atoms with van der Waals surface area (Å²) in [4.78, 5) is 34.9. The second-order valence-corrected chi connectivity index (χ2v) is 12.1. The normalized spacial score (nSPS) is 11.8. The molecule has 7 nitrogen and oxygen atoms in total. The van der Waals surface area contributed by atoms with Gasteiger partial charge in [-0.1, -0.05) is 142 Å². The Bertz CT molecular complexity index is 627. The molecule has 42 heavy (non-hydrogen) atoms. The van der Waals surface area contributed by atoms with Gasteiger partial charge in [0.25, 0.3) is 0 Å². The van der Waals surface area contributed by atoms with E-state index in [1.807, 2.05) is 0 Å². The highest BCUT2D eigenvalue weighted by Crippen LogP contribution is 2.14. The van der Waals surface area contributed by atoms with E-state index in [0.29, 0.717) is 12.8 Å². The lowest BCUT2D eigenvalue weighted by atomic mass is 10.0. The maximum Gasteiger partial charge on any atom is 0.306 e. The van der Waals surface area contributed by atoms with Gasteiger partial charge >= 0.3 is 11.9 Å². The van der Waals surface area contributed by atoms with Gasteiger partial charge in [0.1, 0.15) is 6.61 Å². The van der Waals surface area contributed by atoms with Crippen molar-refractivity contribution in [3.8, 4) is 0 Å². The van der Waals surface area contributed by atoms with Gasteiger partial charge in [-0.3, -0.25) is 14.4 Å². The summed E-state index contributed by atoms with van der Waals surface area (Å²) in [5, 5.41) is 12.3. The van der Waals surface area contributed by atoms with Gasteiger partial charge in [-0.25, -0.2) is 0 Å². The molecule has 2 N–H and O–H groups in total. The number of amides is 1. The first-order chi connectivity index (χ1) is 20.5. The average Bonchev–Trinajstić information content (AvgIpc) is 2.97. The molecule has 0 fully saturated rings. The molecule has 0 bridgehead atoms. The fourth-order valence-electron chi connectivity index (χ4n) is 5.16. The molecule has 1 amide bonds. The monoisotopic (exact) mass is 597 g/mol. The third-order valence-corrected chi connectivity index (χ3v) is 7.85. The van der Waals surface area contributed by atoms with E-state index >= 15 is 0 Å². The first-order valence-corrected chi connectivity index (χ1v) is 17.7. The second kappa shape index (κ2) is 32.3. The molecule has 0 saturated carbocycles. The minimum Gasteiger partial charge on any atom is -0.462 e. The fraction of sp³-hybridized carbons (Fsp3) is 0.914. The van der Waals surface area contributed by atoms with Crippen LogP contribution in [0.5, 0.6) is 0 Å². The molecule has 0 aliphatic rings. The number of carbonyl (C=O) groups is 3. The number of hydrogen-bond acceptors (Lipinski definition) is 6. The highest BCUT2D eigenvalue weighted by molar-refractivity contribution is 5.72. The van der Waals surface area contributed by atoms with E-state index < -0.39 is 6.10 Å². The third-order valence-electron chi connectivity index (χ3n) is 7.85. The van der Waals surface area contributed by atoms with Crippen molar-refractivity contribution in [3.63, 3.8) is 0 Å². The minimum atomic E-state index is -0.777. The van der Waals surface area contributed by atoms with Crippen molar-refractivity contribution in [2.75, 3.05) is 19.8 Å². The summed E-state index contributed by atoms with van der Waals surface area (Å²) in [7, 11) is 0. The van der Waals surface area contributed by atoms with Gasteiger partial charge < -0.3 is 19.9 Å². The van der Waals surface area contributed by atoms with Crippen molar-refractivity contribution in [2.24, 2.45) is 0 Å². The quantitative estimate of drug-likeness (QED) is 0.0594. The Hall–Kier alpha value is -1.63. The number of esters is 2. The van der Waals surface area contributed by atoms with Crippen LogP contribution in [0.15, 0.2) is 0 Å². The largest absolute Gasteiger partial charge is 0.462 e. The van der Waals surface area contributed by atoms with Crippen LogP contribution < -0.4 is 5.32 Å². The summed E-state index contributed by atoms with van der Waals surface area (Å²) < 4.78 is 10.5. The number of carbonyl (C=O) groups excluding carboxylic acids is 3. The van der Waals surface area contributed by atoms with Gasteiger partial charge in [-0.05, 0) is 19.3 Å². The molecule has 0 spiro atoms. The van der Waals surface area contributed by atoms with Crippen LogP contribution in [0.3, 0.4) is 0 Å². The van der Waals surface area contributed by atoms with Crippen LogP contribution in [0.2, 0.25) is 0 Å². The molecule has 0 unspecified atom stereocenters. The van der Waals surface area contributed by atoms with Crippen molar-refractivity contribution in [2.45, 2.75) is 187 Å². The summed E-state index contributed by atoms with van der Waals surface area (Å²) in [5.74, 6) is -0.565. The van der Waals surface area contributed by atoms with Crippen LogP contribution in [0, 0.1) is 0 Å². The van der Waals surface area contributed by atoms with Crippen molar-refractivity contribution < 1.29 is 29.0 Å².